The average Bonchev–Trinajstić information content (AvgIpc) is 3.19. The standard InChI is InChI=1S/C14H19BrN2O3S/c1-20-14-5-4-12(8-13(14)15)21(18,19)16-10-6-7-17(9-10)11-2-3-11/h4-5,8,10-11,16H,2-3,6-7,9H2,1H3. The summed E-state index contributed by atoms with van der Waals surface area (Å²) < 4.78 is 33.5. The van der Waals surface area contributed by atoms with Crippen LogP contribution in [0.25, 0.3) is 0 Å². The lowest BCUT2D eigenvalue weighted by Gasteiger charge is -2.16. The highest BCUT2D eigenvalue weighted by Crippen LogP contribution is 2.31. The number of benzene rings is 1. The number of rotatable bonds is 5. The molecule has 0 amide bonds. The van der Waals surface area contributed by atoms with Crippen LogP contribution >= 0.6 is 15.9 Å². The second-order valence-corrected chi connectivity index (χ2v) is 8.20. The molecule has 0 bridgehead atoms. The smallest absolute Gasteiger partial charge is 0.240 e. The Kier molecular flexibility index (Phi) is 4.27. The van der Waals surface area contributed by atoms with E-state index in [1.165, 1.54) is 12.8 Å². The van der Waals surface area contributed by atoms with Crippen LogP contribution in [0.4, 0.5) is 0 Å². The third-order valence-corrected chi connectivity index (χ3v) is 6.18. The van der Waals surface area contributed by atoms with E-state index in [1.54, 1.807) is 25.3 Å². The molecule has 0 aromatic heterocycles. The number of ether oxygens (including phenoxy) is 1. The summed E-state index contributed by atoms with van der Waals surface area (Å²) in [5, 5.41) is 0. The van der Waals surface area contributed by atoms with E-state index in [2.05, 4.69) is 25.6 Å². The molecule has 3 rings (SSSR count). The van der Waals surface area contributed by atoms with Crippen LogP contribution in [0.1, 0.15) is 19.3 Å². The van der Waals surface area contributed by atoms with Gasteiger partial charge in [0, 0.05) is 25.2 Å². The van der Waals surface area contributed by atoms with Crippen molar-refractivity contribution < 1.29 is 13.2 Å². The average molecular weight is 375 g/mol. The van der Waals surface area contributed by atoms with Crippen LogP contribution in [0.15, 0.2) is 27.6 Å². The Hall–Kier alpha value is -0.630. The molecule has 2 aliphatic rings. The lowest BCUT2D eigenvalue weighted by atomic mass is 10.3. The van der Waals surface area contributed by atoms with E-state index in [0.717, 1.165) is 19.5 Å². The van der Waals surface area contributed by atoms with Crippen molar-refractivity contribution in [1.82, 2.24) is 9.62 Å². The molecule has 0 spiro atoms. The third-order valence-electron chi connectivity index (χ3n) is 4.04. The zero-order chi connectivity index (χ0) is 15.0. The molecule has 116 valence electrons. The maximum atomic E-state index is 12.4. The number of nitrogens with zero attached hydrogens (tertiary/aromatic N) is 1. The molecule has 2 fully saturated rings. The Morgan fingerprint density at radius 2 is 2.10 bits per heavy atom. The lowest BCUT2D eigenvalue weighted by Crippen LogP contribution is -2.37. The minimum Gasteiger partial charge on any atom is -0.496 e. The van der Waals surface area contributed by atoms with Crippen LogP contribution in [-0.2, 0) is 10.0 Å². The van der Waals surface area contributed by atoms with Crippen molar-refractivity contribution in [2.45, 2.75) is 36.2 Å². The second kappa shape index (κ2) is 5.87. The normalized spacial score (nSPS) is 23.4. The van der Waals surface area contributed by atoms with Gasteiger partial charge in [-0.2, -0.15) is 0 Å². The Bertz CT molecular complexity index is 631. The fourth-order valence-corrected chi connectivity index (χ4v) is 4.74. The molecule has 1 aliphatic heterocycles. The van der Waals surface area contributed by atoms with Gasteiger partial charge >= 0.3 is 0 Å². The number of methoxy groups -OCH3 is 1. The first-order chi connectivity index (χ1) is 9.99. The van der Waals surface area contributed by atoms with Crippen molar-refractivity contribution in [2.75, 3.05) is 20.2 Å². The van der Waals surface area contributed by atoms with Crippen molar-refractivity contribution >= 4 is 26.0 Å². The zero-order valence-electron chi connectivity index (χ0n) is 11.9. The largest absolute Gasteiger partial charge is 0.496 e. The first kappa shape index (κ1) is 15.3. The molecule has 1 N–H and O–H groups in total. The van der Waals surface area contributed by atoms with Gasteiger partial charge in [-0.3, -0.25) is 4.90 Å². The summed E-state index contributed by atoms with van der Waals surface area (Å²) >= 11 is 3.32. The van der Waals surface area contributed by atoms with E-state index in [-0.39, 0.29) is 10.9 Å². The van der Waals surface area contributed by atoms with Gasteiger partial charge in [-0.25, -0.2) is 13.1 Å². The van der Waals surface area contributed by atoms with Crippen LogP contribution in [0, 0.1) is 0 Å². The fraction of sp³-hybridized carbons (Fsp3) is 0.571. The van der Waals surface area contributed by atoms with Gasteiger partial charge in [-0.05, 0) is 53.4 Å². The van der Waals surface area contributed by atoms with E-state index in [0.29, 0.717) is 16.3 Å². The molecule has 1 aromatic rings. The van der Waals surface area contributed by atoms with Crippen LogP contribution < -0.4 is 9.46 Å². The predicted octanol–water partition coefficient (Wildman–Crippen LogP) is 1.97. The Morgan fingerprint density at radius 1 is 1.33 bits per heavy atom. The van der Waals surface area contributed by atoms with E-state index >= 15 is 0 Å². The molecule has 7 heteroatoms. The Labute approximate surface area is 133 Å². The second-order valence-electron chi connectivity index (χ2n) is 5.63. The molecule has 5 nitrogen and oxygen atoms in total. The van der Waals surface area contributed by atoms with Crippen molar-refractivity contribution in [1.29, 1.82) is 0 Å². The van der Waals surface area contributed by atoms with Crippen LogP contribution in [-0.4, -0.2) is 45.6 Å². The summed E-state index contributed by atoms with van der Waals surface area (Å²) in [4.78, 5) is 2.65. The van der Waals surface area contributed by atoms with E-state index in [9.17, 15) is 8.42 Å². The summed E-state index contributed by atoms with van der Waals surface area (Å²) in [7, 11) is -1.93. The van der Waals surface area contributed by atoms with Crippen LogP contribution in [0.5, 0.6) is 5.75 Å². The van der Waals surface area contributed by atoms with Crippen LogP contribution in [0.2, 0.25) is 0 Å². The summed E-state index contributed by atoms with van der Waals surface area (Å²) in [6.45, 7) is 1.81. The SMILES string of the molecule is COc1ccc(S(=O)(=O)NC2CCN(C3CC3)C2)cc1Br. The first-order valence-electron chi connectivity index (χ1n) is 7.09. The highest BCUT2D eigenvalue weighted by molar-refractivity contribution is 9.10. The molecule has 1 saturated heterocycles. The summed E-state index contributed by atoms with van der Waals surface area (Å²) in [6.07, 6.45) is 3.39. The van der Waals surface area contributed by atoms with Gasteiger partial charge in [0.25, 0.3) is 0 Å². The zero-order valence-corrected chi connectivity index (χ0v) is 14.3. The van der Waals surface area contributed by atoms with E-state index in [1.807, 2.05) is 0 Å². The van der Waals surface area contributed by atoms with Crippen molar-refractivity contribution in [3.8, 4) is 5.75 Å². The first-order valence-corrected chi connectivity index (χ1v) is 9.37. The van der Waals surface area contributed by atoms with Crippen molar-refractivity contribution in [2.24, 2.45) is 0 Å². The number of sulfonamides is 1. The Balaban J connectivity index is 1.70. The molecule has 1 heterocycles. The summed E-state index contributed by atoms with van der Waals surface area (Å²) in [5.74, 6) is 0.620. The van der Waals surface area contributed by atoms with E-state index in [4.69, 9.17) is 4.74 Å². The fourth-order valence-electron chi connectivity index (χ4n) is 2.76. The molecule has 1 atom stereocenters. The number of hydrogen-bond donors (Lipinski definition) is 1. The maximum absolute atomic E-state index is 12.4. The van der Waals surface area contributed by atoms with Crippen molar-refractivity contribution in [3.63, 3.8) is 0 Å². The maximum Gasteiger partial charge on any atom is 0.240 e. The van der Waals surface area contributed by atoms with Crippen molar-refractivity contribution in [3.05, 3.63) is 22.7 Å². The predicted molar refractivity (Wildman–Crippen MR) is 84.0 cm³/mol. The number of nitrogens with one attached hydrogen (secondary N) is 1. The minimum atomic E-state index is -3.48. The number of halogens is 1. The van der Waals surface area contributed by atoms with Gasteiger partial charge in [0.15, 0.2) is 0 Å². The van der Waals surface area contributed by atoms with Gasteiger partial charge in [0.2, 0.25) is 10.0 Å². The Morgan fingerprint density at radius 3 is 2.71 bits per heavy atom. The summed E-state index contributed by atoms with van der Waals surface area (Å²) in [6, 6.07) is 5.50. The van der Waals surface area contributed by atoms with E-state index < -0.39 is 10.0 Å². The van der Waals surface area contributed by atoms with Gasteiger partial charge in [0.05, 0.1) is 16.5 Å². The molecular weight excluding hydrogens is 356 g/mol. The third kappa shape index (κ3) is 3.41. The molecule has 0 radical (unpaired) electrons. The van der Waals surface area contributed by atoms with Crippen LogP contribution in [0.3, 0.4) is 0 Å². The van der Waals surface area contributed by atoms with Gasteiger partial charge in [0.1, 0.15) is 5.75 Å². The summed E-state index contributed by atoms with van der Waals surface area (Å²) in [5.41, 5.74) is 0. The monoisotopic (exact) mass is 374 g/mol. The lowest BCUT2D eigenvalue weighted by molar-refractivity contribution is 0.322. The van der Waals surface area contributed by atoms with Gasteiger partial charge < -0.3 is 4.74 Å². The van der Waals surface area contributed by atoms with Gasteiger partial charge in [-0.15, -0.1) is 0 Å². The molecule has 1 aliphatic carbocycles. The molecular formula is C14H19BrN2O3S. The molecule has 21 heavy (non-hydrogen) atoms. The molecule has 1 saturated carbocycles. The molecule has 1 unspecified atom stereocenters. The topological polar surface area (TPSA) is 58.6 Å². The molecule has 1 aromatic carbocycles. The minimum absolute atomic E-state index is 0.0106. The highest BCUT2D eigenvalue weighted by atomic mass is 79.9. The highest BCUT2D eigenvalue weighted by Gasteiger charge is 2.35. The number of hydrogen-bond acceptors (Lipinski definition) is 4. The number of likely N-dealkylation sites (tertiary alicyclic amines) is 1. The quantitative estimate of drug-likeness (QED) is 0.855. The van der Waals surface area contributed by atoms with Gasteiger partial charge in [-0.1, -0.05) is 0 Å².